The summed E-state index contributed by atoms with van der Waals surface area (Å²) < 4.78 is 19.5. The molecule has 0 unspecified atom stereocenters. The Bertz CT molecular complexity index is 1500. The lowest BCUT2D eigenvalue weighted by Gasteiger charge is -2.32. The van der Waals surface area contributed by atoms with Crippen molar-refractivity contribution in [2.45, 2.75) is 38.8 Å². The number of ether oxygens (including phenoxy) is 3. The Kier molecular flexibility index (Phi) is 7.74. The molecule has 2 aromatic heterocycles. The second-order valence-electron chi connectivity index (χ2n) is 9.68. The molecule has 4 aromatic rings. The Hall–Kier alpha value is -4.04. The van der Waals surface area contributed by atoms with E-state index in [0.717, 1.165) is 35.0 Å². The first kappa shape index (κ1) is 26.6. The van der Waals surface area contributed by atoms with Crippen LogP contribution in [0.1, 0.15) is 32.7 Å². The smallest absolute Gasteiger partial charge is 0.246 e. The van der Waals surface area contributed by atoms with Gasteiger partial charge in [-0.3, -0.25) is 14.5 Å². The molecule has 8 nitrogen and oxygen atoms in total. The molecule has 0 aliphatic carbocycles. The number of amides is 1. The standard InChI is InChI=1S/C30H31ClN4O4/c1-5-27(36)34-15-7-8-21(18-34)35-30-23(16-32-17-26(30)38-19(2)3)29(33-35)20-11-13-22(14-12-20)39-25-10-6-9-24(37-4)28(25)31/h5-6,9-14,16-17,19,21H,1,7-8,15,18H2,2-4H3/t21-/m1/s1. The van der Waals surface area contributed by atoms with Gasteiger partial charge in [-0.15, -0.1) is 0 Å². The third-order valence-corrected chi connectivity index (χ3v) is 7.04. The summed E-state index contributed by atoms with van der Waals surface area (Å²) >= 11 is 6.41. The van der Waals surface area contributed by atoms with Crippen LogP contribution in [-0.4, -0.2) is 51.9 Å². The summed E-state index contributed by atoms with van der Waals surface area (Å²) in [5, 5.41) is 6.37. The highest BCUT2D eigenvalue weighted by Gasteiger charge is 2.28. The number of halogens is 1. The van der Waals surface area contributed by atoms with Crippen molar-refractivity contribution < 1.29 is 19.0 Å². The van der Waals surface area contributed by atoms with Crippen molar-refractivity contribution in [1.82, 2.24) is 19.7 Å². The van der Waals surface area contributed by atoms with E-state index in [9.17, 15) is 4.79 Å². The zero-order valence-electron chi connectivity index (χ0n) is 22.3. The molecule has 0 bridgehead atoms. The van der Waals surface area contributed by atoms with Gasteiger partial charge in [0.2, 0.25) is 5.91 Å². The van der Waals surface area contributed by atoms with Gasteiger partial charge in [0, 0.05) is 24.8 Å². The van der Waals surface area contributed by atoms with Gasteiger partial charge in [0.1, 0.15) is 33.5 Å². The lowest BCUT2D eigenvalue weighted by Crippen LogP contribution is -2.40. The highest BCUT2D eigenvalue weighted by atomic mass is 35.5. The number of likely N-dealkylation sites (tertiary alicyclic amines) is 1. The lowest BCUT2D eigenvalue weighted by molar-refractivity contribution is -0.127. The van der Waals surface area contributed by atoms with Gasteiger partial charge < -0.3 is 19.1 Å². The number of carbonyl (C=O) groups excluding carboxylic acids is 1. The minimum Gasteiger partial charge on any atom is -0.495 e. The van der Waals surface area contributed by atoms with Gasteiger partial charge in [-0.05, 0) is 69.2 Å². The predicted octanol–water partition coefficient (Wildman–Crippen LogP) is 6.69. The van der Waals surface area contributed by atoms with Crippen molar-refractivity contribution >= 4 is 28.4 Å². The Morgan fingerprint density at radius 1 is 1.13 bits per heavy atom. The normalized spacial score (nSPS) is 15.4. The van der Waals surface area contributed by atoms with Crippen LogP contribution in [0.25, 0.3) is 22.2 Å². The molecular weight excluding hydrogens is 516 g/mol. The highest BCUT2D eigenvalue weighted by Crippen LogP contribution is 2.39. The van der Waals surface area contributed by atoms with Crippen molar-refractivity contribution in [3.8, 4) is 34.3 Å². The molecule has 2 aromatic carbocycles. The molecule has 9 heteroatoms. The van der Waals surface area contributed by atoms with Crippen molar-refractivity contribution in [2.24, 2.45) is 0 Å². The maximum Gasteiger partial charge on any atom is 0.246 e. The molecule has 1 aliphatic rings. The molecule has 202 valence electrons. The van der Waals surface area contributed by atoms with Crippen LogP contribution in [0.2, 0.25) is 5.02 Å². The van der Waals surface area contributed by atoms with E-state index in [0.29, 0.717) is 41.1 Å². The fraction of sp³-hybridized carbons (Fsp3) is 0.300. The second-order valence-corrected chi connectivity index (χ2v) is 10.1. The minimum absolute atomic E-state index is 0.00591. The number of pyridine rings is 1. The van der Waals surface area contributed by atoms with Crippen LogP contribution in [0.5, 0.6) is 23.0 Å². The van der Waals surface area contributed by atoms with E-state index in [-0.39, 0.29) is 18.1 Å². The quantitative estimate of drug-likeness (QED) is 0.229. The fourth-order valence-electron chi connectivity index (χ4n) is 4.89. The molecular formula is C30H31ClN4O4. The third kappa shape index (κ3) is 5.43. The number of rotatable bonds is 8. The molecule has 3 heterocycles. The maximum atomic E-state index is 12.4. The molecule has 0 radical (unpaired) electrons. The molecule has 1 saturated heterocycles. The van der Waals surface area contributed by atoms with Crippen molar-refractivity contribution in [3.05, 3.63) is 72.5 Å². The number of methoxy groups -OCH3 is 1. The number of hydrogen-bond donors (Lipinski definition) is 0. The Balaban J connectivity index is 1.53. The van der Waals surface area contributed by atoms with Gasteiger partial charge in [0.15, 0.2) is 5.75 Å². The van der Waals surface area contributed by atoms with Crippen LogP contribution in [0.15, 0.2) is 67.5 Å². The Labute approximate surface area is 232 Å². The zero-order valence-corrected chi connectivity index (χ0v) is 23.0. The summed E-state index contributed by atoms with van der Waals surface area (Å²) in [6.45, 7) is 8.89. The van der Waals surface area contributed by atoms with Crippen molar-refractivity contribution in [2.75, 3.05) is 20.2 Å². The summed E-state index contributed by atoms with van der Waals surface area (Å²) in [5.74, 6) is 2.29. The number of aromatic nitrogens is 3. The second kappa shape index (κ2) is 11.4. The minimum atomic E-state index is -0.0663. The predicted molar refractivity (Wildman–Crippen MR) is 152 cm³/mol. The van der Waals surface area contributed by atoms with E-state index >= 15 is 0 Å². The van der Waals surface area contributed by atoms with E-state index in [1.165, 1.54) is 6.08 Å². The van der Waals surface area contributed by atoms with Gasteiger partial charge in [-0.25, -0.2) is 0 Å². The van der Waals surface area contributed by atoms with E-state index in [1.807, 2.05) is 60.0 Å². The van der Waals surface area contributed by atoms with E-state index in [1.54, 1.807) is 25.4 Å². The van der Waals surface area contributed by atoms with Crippen LogP contribution in [0.3, 0.4) is 0 Å². The molecule has 1 fully saturated rings. The molecule has 1 aliphatic heterocycles. The van der Waals surface area contributed by atoms with E-state index < -0.39 is 0 Å². The monoisotopic (exact) mass is 546 g/mol. The number of benzene rings is 2. The number of nitrogens with zero attached hydrogens (tertiary/aromatic N) is 4. The molecule has 0 spiro atoms. The SMILES string of the molecule is C=CC(=O)N1CCC[C@@H](n2nc(-c3ccc(Oc4cccc(OC)c4Cl)cc3)c3cncc(OC(C)C)c32)C1. The molecule has 0 N–H and O–H groups in total. The summed E-state index contributed by atoms with van der Waals surface area (Å²) in [6.07, 6.45) is 6.66. The number of piperidine rings is 1. The summed E-state index contributed by atoms with van der Waals surface area (Å²) in [7, 11) is 1.57. The fourth-order valence-corrected chi connectivity index (χ4v) is 5.13. The van der Waals surface area contributed by atoms with Crippen LogP contribution in [0.4, 0.5) is 0 Å². The largest absolute Gasteiger partial charge is 0.495 e. The topological polar surface area (TPSA) is 78.7 Å². The number of fused-ring (bicyclic) bond motifs is 1. The Morgan fingerprint density at radius 2 is 1.90 bits per heavy atom. The summed E-state index contributed by atoms with van der Waals surface area (Å²) in [5.41, 5.74) is 2.56. The summed E-state index contributed by atoms with van der Waals surface area (Å²) in [6, 6.07) is 13.1. The van der Waals surface area contributed by atoms with Crippen LogP contribution in [0, 0.1) is 0 Å². The first-order valence-electron chi connectivity index (χ1n) is 12.9. The average molecular weight is 547 g/mol. The van der Waals surface area contributed by atoms with Crippen LogP contribution < -0.4 is 14.2 Å². The zero-order chi connectivity index (χ0) is 27.5. The van der Waals surface area contributed by atoms with Gasteiger partial charge in [-0.1, -0.05) is 24.2 Å². The van der Waals surface area contributed by atoms with E-state index in [2.05, 4.69) is 11.6 Å². The molecule has 5 rings (SSSR count). The first-order chi connectivity index (χ1) is 18.9. The lowest BCUT2D eigenvalue weighted by atomic mass is 10.1. The maximum absolute atomic E-state index is 12.4. The molecule has 1 amide bonds. The average Bonchev–Trinajstić information content (AvgIpc) is 3.35. The van der Waals surface area contributed by atoms with Crippen LogP contribution >= 0.6 is 11.6 Å². The van der Waals surface area contributed by atoms with Crippen molar-refractivity contribution in [1.29, 1.82) is 0 Å². The number of carbonyl (C=O) groups is 1. The Morgan fingerprint density at radius 3 is 2.62 bits per heavy atom. The first-order valence-corrected chi connectivity index (χ1v) is 13.3. The molecule has 0 saturated carbocycles. The van der Waals surface area contributed by atoms with E-state index in [4.69, 9.17) is 30.9 Å². The number of hydrogen-bond acceptors (Lipinski definition) is 6. The summed E-state index contributed by atoms with van der Waals surface area (Å²) in [4.78, 5) is 18.7. The van der Waals surface area contributed by atoms with Gasteiger partial charge in [0.25, 0.3) is 0 Å². The highest BCUT2D eigenvalue weighted by molar-refractivity contribution is 6.33. The van der Waals surface area contributed by atoms with Crippen LogP contribution in [-0.2, 0) is 4.79 Å². The third-order valence-electron chi connectivity index (χ3n) is 6.67. The molecule has 1 atom stereocenters. The molecule has 39 heavy (non-hydrogen) atoms. The van der Waals surface area contributed by atoms with Gasteiger partial charge in [-0.2, -0.15) is 5.10 Å². The van der Waals surface area contributed by atoms with Crippen molar-refractivity contribution in [3.63, 3.8) is 0 Å². The van der Waals surface area contributed by atoms with Gasteiger partial charge in [0.05, 0.1) is 30.8 Å². The van der Waals surface area contributed by atoms with Gasteiger partial charge >= 0.3 is 0 Å².